The van der Waals surface area contributed by atoms with E-state index in [2.05, 4.69) is 4.99 Å². The standard InChI is InChI=1S/C18H25N3O4/c1-12-14(19-11-22)7-6-8-15(12)20(16(23)24)13-9-17(2,3)21(25)18(4,5)10-13/h6-8,13,25H,9-10H2,1-5H3,(H,23,24). The summed E-state index contributed by atoms with van der Waals surface area (Å²) in [6.07, 6.45) is 1.37. The maximum absolute atomic E-state index is 12.1. The fourth-order valence-corrected chi connectivity index (χ4v) is 3.90. The van der Waals surface area contributed by atoms with Crippen molar-refractivity contribution in [3.05, 3.63) is 23.8 Å². The van der Waals surface area contributed by atoms with Crippen molar-refractivity contribution in [2.75, 3.05) is 4.90 Å². The number of carbonyl (C=O) groups excluding carboxylic acids is 1. The third-order valence-electron chi connectivity index (χ3n) is 4.89. The van der Waals surface area contributed by atoms with Gasteiger partial charge in [-0.05, 0) is 65.2 Å². The molecule has 7 heteroatoms. The van der Waals surface area contributed by atoms with E-state index in [-0.39, 0.29) is 6.04 Å². The first-order valence-corrected chi connectivity index (χ1v) is 8.20. The highest BCUT2D eigenvalue weighted by Crippen LogP contribution is 2.41. The van der Waals surface area contributed by atoms with Crippen molar-refractivity contribution < 1.29 is 19.9 Å². The number of rotatable bonds is 3. The predicted molar refractivity (Wildman–Crippen MR) is 94.3 cm³/mol. The lowest BCUT2D eigenvalue weighted by molar-refractivity contribution is -0.244. The average molecular weight is 347 g/mol. The molecule has 0 spiro atoms. The average Bonchev–Trinajstić information content (AvgIpc) is 2.48. The van der Waals surface area contributed by atoms with Crippen LogP contribution in [0.25, 0.3) is 0 Å². The Kier molecular flexibility index (Phi) is 5.04. The van der Waals surface area contributed by atoms with E-state index in [0.717, 1.165) is 0 Å². The van der Waals surface area contributed by atoms with Gasteiger partial charge in [0.05, 0.1) is 11.4 Å². The van der Waals surface area contributed by atoms with Crippen molar-refractivity contribution in [2.24, 2.45) is 4.99 Å². The van der Waals surface area contributed by atoms with Gasteiger partial charge < -0.3 is 10.3 Å². The summed E-state index contributed by atoms with van der Waals surface area (Å²) < 4.78 is 0. The molecule has 1 aliphatic heterocycles. The van der Waals surface area contributed by atoms with Crippen LogP contribution >= 0.6 is 0 Å². The van der Waals surface area contributed by atoms with Crippen molar-refractivity contribution in [2.45, 2.75) is 64.6 Å². The molecular formula is C18H25N3O4. The molecule has 0 saturated carbocycles. The fraction of sp³-hybridized carbons (Fsp3) is 0.556. The van der Waals surface area contributed by atoms with Gasteiger partial charge in [-0.2, -0.15) is 10.1 Å². The molecule has 136 valence electrons. The number of carboxylic acid groups (broad SMARTS) is 1. The van der Waals surface area contributed by atoms with E-state index in [0.29, 0.717) is 29.8 Å². The van der Waals surface area contributed by atoms with Crippen LogP contribution in [0, 0.1) is 6.92 Å². The Morgan fingerprint density at radius 1 is 1.28 bits per heavy atom. The number of hydroxylamine groups is 2. The third-order valence-corrected chi connectivity index (χ3v) is 4.89. The molecule has 1 amide bonds. The molecule has 0 aliphatic carbocycles. The van der Waals surface area contributed by atoms with Gasteiger partial charge in [-0.15, -0.1) is 0 Å². The Bertz CT molecular complexity index is 705. The van der Waals surface area contributed by atoms with Gasteiger partial charge in [0.25, 0.3) is 0 Å². The molecule has 1 heterocycles. The number of benzene rings is 1. The molecular weight excluding hydrogens is 322 g/mol. The van der Waals surface area contributed by atoms with Crippen LogP contribution in [0.2, 0.25) is 0 Å². The summed E-state index contributed by atoms with van der Waals surface area (Å²) in [5.74, 6) is 0. The quantitative estimate of drug-likeness (QED) is 0.640. The SMILES string of the molecule is Cc1c(N=C=O)cccc1N(C(=O)O)C1CC(C)(C)N(O)C(C)(C)C1. The van der Waals surface area contributed by atoms with Gasteiger partial charge in [0.1, 0.15) is 0 Å². The van der Waals surface area contributed by atoms with Crippen molar-refractivity contribution in [3.8, 4) is 0 Å². The van der Waals surface area contributed by atoms with Crippen LogP contribution in [-0.2, 0) is 4.79 Å². The molecule has 2 rings (SSSR count). The number of carbonyl (C=O) groups is 1. The minimum atomic E-state index is -1.07. The van der Waals surface area contributed by atoms with Gasteiger partial charge >= 0.3 is 6.09 Å². The largest absolute Gasteiger partial charge is 0.465 e. The highest BCUT2D eigenvalue weighted by atomic mass is 16.5. The van der Waals surface area contributed by atoms with E-state index in [1.807, 2.05) is 27.7 Å². The first kappa shape index (κ1) is 19.1. The van der Waals surface area contributed by atoms with Crippen LogP contribution < -0.4 is 4.90 Å². The van der Waals surface area contributed by atoms with Crippen LogP contribution in [0.1, 0.15) is 46.1 Å². The van der Waals surface area contributed by atoms with E-state index in [4.69, 9.17) is 0 Å². The summed E-state index contributed by atoms with van der Waals surface area (Å²) in [6, 6.07) is 4.71. The normalized spacial score (nSPS) is 19.9. The second-order valence-corrected chi connectivity index (χ2v) is 7.78. The first-order valence-electron chi connectivity index (χ1n) is 8.20. The van der Waals surface area contributed by atoms with Crippen LogP contribution in [0.5, 0.6) is 0 Å². The molecule has 1 aliphatic rings. The Labute approximate surface area is 147 Å². The lowest BCUT2D eigenvalue weighted by Gasteiger charge is -2.53. The second-order valence-electron chi connectivity index (χ2n) is 7.78. The molecule has 1 fully saturated rings. The Balaban J connectivity index is 2.51. The number of nitrogens with zero attached hydrogens (tertiary/aromatic N) is 3. The van der Waals surface area contributed by atoms with Gasteiger partial charge in [-0.3, -0.25) is 4.90 Å². The third kappa shape index (κ3) is 3.58. The molecule has 7 nitrogen and oxygen atoms in total. The minimum absolute atomic E-state index is 0.319. The van der Waals surface area contributed by atoms with E-state index in [9.17, 15) is 19.9 Å². The maximum atomic E-state index is 12.1. The molecule has 1 aromatic rings. The van der Waals surface area contributed by atoms with E-state index in [1.54, 1.807) is 25.1 Å². The molecule has 0 radical (unpaired) electrons. The molecule has 0 unspecified atom stereocenters. The summed E-state index contributed by atoms with van der Waals surface area (Å²) in [6.45, 7) is 9.29. The van der Waals surface area contributed by atoms with E-state index in [1.165, 1.54) is 16.0 Å². The highest BCUT2D eigenvalue weighted by Gasteiger charge is 2.48. The van der Waals surface area contributed by atoms with Gasteiger partial charge in [0, 0.05) is 17.1 Å². The van der Waals surface area contributed by atoms with E-state index < -0.39 is 17.2 Å². The highest BCUT2D eigenvalue weighted by molar-refractivity contribution is 5.89. The fourth-order valence-electron chi connectivity index (χ4n) is 3.90. The van der Waals surface area contributed by atoms with Gasteiger partial charge in [-0.25, -0.2) is 9.59 Å². The summed E-state index contributed by atoms with van der Waals surface area (Å²) in [5, 5.41) is 21.6. The number of amides is 1. The molecule has 0 bridgehead atoms. The smallest absolute Gasteiger partial charge is 0.412 e. The Morgan fingerprint density at radius 2 is 1.84 bits per heavy atom. The van der Waals surface area contributed by atoms with E-state index >= 15 is 0 Å². The van der Waals surface area contributed by atoms with Gasteiger partial charge in [0.2, 0.25) is 6.08 Å². The topological polar surface area (TPSA) is 93.4 Å². The zero-order chi connectivity index (χ0) is 19.0. The minimum Gasteiger partial charge on any atom is -0.465 e. The molecule has 1 saturated heterocycles. The lowest BCUT2D eigenvalue weighted by atomic mass is 9.78. The molecule has 0 atom stereocenters. The monoisotopic (exact) mass is 347 g/mol. The Hall–Kier alpha value is -2.21. The van der Waals surface area contributed by atoms with Crippen molar-refractivity contribution in [1.29, 1.82) is 0 Å². The summed E-state index contributed by atoms with van der Waals surface area (Å²) >= 11 is 0. The van der Waals surface area contributed by atoms with Crippen LogP contribution in [-0.4, -0.2) is 44.7 Å². The number of hydrogen-bond donors (Lipinski definition) is 2. The molecule has 2 N–H and O–H groups in total. The number of hydrogen-bond acceptors (Lipinski definition) is 5. The predicted octanol–water partition coefficient (Wildman–Crippen LogP) is 3.86. The zero-order valence-corrected chi connectivity index (χ0v) is 15.3. The summed E-state index contributed by atoms with van der Waals surface area (Å²) in [7, 11) is 0. The number of isocyanates is 1. The van der Waals surface area contributed by atoms with Crippen LogP contribution in [0.3, 0.4) is 0 Å². The van der Waals surface area contributed by atoms with Crippen LogP contribution in [0.4, 0.5) is 16.2 Å². The summed E-state index contributed by atoms with van der Waals surface area (Å²) in [5.41, 5.74) is 0.346. The van der Waals surface area contributed by atoms with Crippen molar-refractivity contribution in [1.82, 2.24) is 5.06 Å². The van der Waals surface area contributed by atoms with Crippen molar-refractivity contribution >= 4 is 23.5 Å². The lowest BCUT2D eigenvalue weighted by Crippen LogP contribution is -2.63. The van der Waals surface area contributed by atoms with Crippen LogP contribution in [0.15, 0.2) is 23.2 Å². The van der Waals surface area contributed by atoms with Gasteiger partial charge in [-0.1, -0.05) is 6.07 Å². The first-order chi connectivity index (χ1) is 11.5. The molecule has 1 aromatic carbocycles. The number of piperidine rings is 1. The van der Waals surface area contributed by atoms with Crippen molar-refractivity contribution in [3.63, 3.8) is 0 Å². The number of anilines is 1. The van der Waals surface area contributed by atoms with Gasteiger partial charge in [0.15, 0.2) is 0 Å². The second kappa shape index (κ2) is 6.59. The maximum Gasteiger partial charge on any atom is 0.412 e. The molecule has 25 heavy (non-hydrogen) atoms. The number of aliphatic imine (C=N–C) groups is 1. The zero-order valence-electron chi connectivity index (χ0n) is 15.3. The summed E-state index contributed by atoms with van der Waals surface area (Å²) in [4.78, 5) is 27.6. The Morgan fingerprint density at radius 3 is 2.32 bits per heavy atom. The molecule has 0 aromatic heterocycles.